The molecule has 2 aliphatic rings. The topological polar surface area (TPSA) is 51.2 Å². The van der Waals surface area contributed by atoms with E-state index in [-0.39, 0.29) is 19.2 Å². The molecule has 124 valence electrons. The second-order valence-corrected chi connectivity index (χ2v) is 5.96. The Morgan fingerprint density at radius 1 is 1.27 bits per heavy atom. The van der Waals surface area contributed by atoms with Crippen LogP contribution in [0.2, 0.25) is 0 Å². The van der Waals surface area contributed by atoms with Gasteiger partial charge in [-0.05, 0) is 44.0 Å². The van der Waals surface area contributed by atoms with Gasteiger partial charge in [0.05, 0.1) is 0 Å². The standard InChI is InChI=1S/C16H23NO4.ClH/c1-12-4-6-17(7-5-12)9-13(18)10-19-14-2-3-15-16(8-14)21-11-20-15;/h2-3,8,12-13,18H,4-7,9-11H2,1H3;1H. The molecule has 2 heterocycles. The minimum atomic E-state index is -0.469. The molecule has 1 atom stereocenters. The minimum absolute atomic E-state index is 0. The monoisotopic (exact) mass is 329 g/mol. The van der Waals surface area contributed by atoms with E-state index in [1.165, 1.54) is 12.8 Å². The molecule has 2 aliphatic heterocycles. The van der Waals surface area contributed by atoms with Gasteiger partial charge in [-0.3, -0.25) is 0 Å². The van der Waals surface area contributed by atoms with E-state index in [1.54, 1.807) is 6.07 Å². The van der Waals surface area contributed by atoms with E-state index in [4.69, 9.17) is 14.2 Å². The van der Waals surface area contributed by atoms with Gasteiger partial charge < -0.3 is 24.2 Å². The maximum Gasteiger partial charge on any atom is 0.231 e. The molecule has 5 nitrogen and oxygen atoms in total. The number of benzene rings is 1. The summed E-state index contributed by atoms with van der Waals surface area (Å²) in [7, 11) is 0. The molecule has 0 radical (unpaired) electrons. The SMILES string of the molecule is CC1CCN(CC(O)COc2ccc3c(c2)OCO3)CC1.Cl. The lowest BCUT2D eigenvalue weighted by atomic mass is 9.99. The highest BCUT2D eigenvalue weighted by molar-refractivity contribution is 5.85. The van der Waals surface area contributed by atoms with Gasteiger partial charge in [-0.25, -0.2) is 0 Å². The second kappa shape index (κ2) is 7.90. The first-order valence-electron chi connectivity index (χ1n) is 7.63. The first kappa shape index (κ1) is 17.2. The van der Waals surface area contributed by atoms with Gasteiger partial charge in [0.2, 0.25) is 6.79 Å². The number of halogens is 1. The van der Waals surface area contributed by atoms with Crippen LogP contribution in [0.25, 0.3) is 0 Å². The number of β-amino-alcohol motifs (C(OH)–C–C–N with tert-alkyl or cyclic N) is 1. The summed E-state index contributed by atoms with van der Waals surface area (Å²) < 4.78 is 16.2. The van der Waals surface area contributed by atoms with Gasteiger partial charge in [-0.15, -0.1) is 12.4 Å². The first-order valence-corrected chi connectivity index (χ1v) is 7.63. The lowest BCUT2D eigenvalue weighted by Crippen LogP contribution is -2.40. The third-order valence-electron chi connectivity index (χ3n) is 4.13. The molecule has 0 aromatic heterocycles. The number of aliphatic hydroxyl groups excluding tert-OH is 1. The van der Waals surface area contributed by atoms with E-state index in [0.29, 0.717) is 24.7 Å². The average molecular weight is 330 g/mol. The Kier molecular flexibility index (Phi) is 6.17. The summed E-state index contributed by atoms with van der Waals surface area (Å²) in [5, 5.41) is 10.1. The van der Waals surface area contributed by atoms with Crippen molar-refractivity contribution in [3.63, 3.8) is 0 Å². The maximum absolute atomic E-state index is 10.1. The number of likely N-dealkylation sites (tertiary alicyclic amines) is 1. The number of nitrogens with zero attached hydrogens (tertiary/aromatic N) is 1. The van der Waals surface area contributed by atoms with Crippen molar-refractivity contribution in [2.24, 2.45) is 5.92 Å². The van der Waals surface area contributed by atoms with Crippen LogP contribution in [0.3, 0.4) is 0 Å². The molecule has 1 unspecified atom stereocenters. The van der Waals surface area contributed by atoms with E-state index in [0.717, 1.165) is 24.8 Å². The van der Waals surface area contributed by atoms with Crippen molar-refractivity contribution in [2.45, 2.75) is 25.9 Å². The molecular formula is C16H24ClNO4. The first-order chi connectivity index (χ1) is 10.2. The fourth-order valence-electron chi connectivity index (χ4n) is 2.75. The number of hydrogen-bond acceptors (Lipinski definition) is 5. The number of rotatable bonds is 5. The van der Waals surface area contributed by atoms with Crippen LogP contribution in [-0.4, -0.2) is 49.1 Å². The highest BCUT2D eigenvalue weighted by Crippen LogP contribution is 2.35. The molecule has 1 saturated heterocycles. The Labute approximate surface area is 137 Å². The molecule has 1 aromatic carbocycles. The zero-order valence-corrected chi connectivity index (χ0v) is 13.7. The van der Waals surface area contributed by atoms with Crippen molar-refractivity contribution in [3.05, 3.63) is 18.2 Å². The van der Waals surface area contributed by atoms with Crippen LogP contribution in [0.4, 0.5) is 0 Å². The van der Waals surface area contributed by atoms with Crippen molar-refractivity contribution in [1.29, 1.82) is 0 Å². The molecular weight excluding hydrogens is 306 g/mol. The predicted molar refractivity (Wildman–Crippen MR) is 86.2 cm³/mol. The fourth-order valence-corrected chi connectivity index (χ4v) is 2.75. The van der Waals surface area contributed by atoms with Gasteiger partial charge >= 0.3 is 0 Å². The molecule has 0 aliphatic carbocycles. The van der Waals surface area contributed by atoms with Crippen LogP contribution in [0.15, 0.2) is 18.2 Å². The van der Waals surface area contributed by atoms with Crippen LogP contribution in [0.1, 0.15) is 19.8 Å². The molecule has 22 heavy (non-hydrogen) atoms. The highest BCUT2D eigenvalue weighted by atomic mass is 35.5. The number of hydrogen-bond donors (Lipinski definition) is 1. The van der Waals surface area contributed by atoms with Crippen LogP contribution in [-0.2, 0) is 0 Å². The quantitative estimate of drug-likeness (QED) is 0.898. The number of fused-ring (bicyclic) bond motifs is 1. The van der Waals surface area contributed by atoms with E-state index >= 15 is 0 Å². The Balaban J connectivity index is 0.00000176. The van der Waals surface area contributed by atoms with Crippen molar-refractivity contribution >= 4 is 12.4 Å². The van der Waals surface area contributed by atoms with Gasteiger partial charge in [0, 0.05) is 12.6 Å². The summed E-state index contributed by atoms with van der Waals surface area (Å²) in [6.07, 6.45) is 1.97. The average Bonchev–Trinajstić information content (AvgIpc) is 2.95. The molecule has 1 N–H and O–H groups in total. The van der Waals surface area contributed by atoms with E-state index < -0.39 is 6.10 Å². The maximum atomic E-state index is 10.1. The summed E-state index contributed by atoms with van der Waals surface area (Å²) in [5.74, 6) is 2.95. The van der Waals surface area contributed by atoms with Gasteiger partial charge in [0.1, 0.15) is 18.5 Å². The van der Waals surface area contributed by atoms with Gasteiger partial charge in [-0.1, -0.05) is 6.92 Å². The molecule has 0 bridgehead atoms. The van der Waals surface area contributed by atoms with Crippen LogP contribution in [0, 0.1) is 5.92 Å². The summed E-state index contributed by atoms with van der Waals surface area (Å²) in [6, 6.07) is 5.47. The lowest BCUT2D eigenvalue weighted by molar-refractivity contribution is 0.0562. The summed E-state index contributed by atoms with van der Waals surface area (Å²) >= 11 is 0. The number of piperidine rings is 1. The van der Waals surface area contributed by atoms with Crippen LogP contribution < -0.4 is 14.2 Å². The molecule has 1 aromatic rings. The largest absolute Gasteiger partial charge is 0.491 e. The zero-order chi connectivity index (χ0) is 14.7. The zero-order valence-electron chi connectivity index (χ0n) is 12.9. The molecule has 3 rings (SSSR count). The lowest BCUT2D eigenvalue weighted by Gasteiger charge is -2.31. The number of aliphatic hydroxyl groups is 1. The highest BCUT2D eigenvalue weighted by Gasteiger charge is 2.19. The van der Waals surface area contributed by atoms with Gasteiger partial charge in [0.25, 0.3) is 0 Å². The molecule has 0 amide bonds. The smallest absolute Gasteiger partial charge is 0.231 e. The van der Waals surface area contributed by atoms with Crippen molar-refractivity contribution in [2.75, 3.05) is 33.0 Å². The summed E-state index contributed by atoms with van der Waals surface area (Å²) in [5.41, 5.74) is 0. The summed E-state index contributed by atoms with van der Waals surface area (Å²) in [4.78, 5) is 2.31. The number of ether oxygens (including phenoxy) is 3. The fraction of sp³-hybridized carbons (Fsp3) is 0.625. The van der Waals surface area contributed by atoms with E-state index in [9.17, 15) is 5.11 Å². The molecule has 0 saturated carbocycles. The van der Waals surface area contributed by atoms with Crippen LogP contribution >= 0.6 is 12.4 Å². The minimum Gasteiger partial charge on any atom is -0.491 e. The Morgan fingerprint density at radius 2 is 2.00 bits per heavy atom. The van der Waals surface area contributed by atoms with E-state index in [1.807, 2.05) is 12.1 Å². The third-order valence-corrected chi connectivity index (χ3v) is 4.13. The van der Waals surface area contributed by atoms with Gasteiger partial charge in [-0.2, -0.15) is 0 Å². The predicted octanol–water partition coefficient (Wildman–Crippen LogP) is 2.31. The molecule has 0 spiro atoms. The normalized spacial score (nSPS) is 19.5. The van der Waals surface area contributed by atoms with Crippen LogP contribution in [0.5, 0.6) is 17.2 Å². The van der Waals surface area contributed by atoms with Crippen molar-refractivity contribution < 1.29 is 19.3 Å². The Bertz CT molecular complexity index is 477. The van der Waals surface area contributed by atoms with E-state index in [2.05, 4.69) is 11.8 Å². The Hall–Kier alpha value is -1.17. The molecule has 1 fully saturated rings. The second-order valence-electron chi connectivity index (χ2n) is 5.96. The van der Waals surface area contributed by atoms with Crippen molar-refractivity contribution in [1.82, 2.24) is 4.90 Å². The van der Waals surface area contributed by atoms with Crippen molar-refractivity contribution in [3.8, 4) is 17.2 Å². The third kappa shape index (κ3) is 4.41. The Morgan fingerprint density at radius 3 is 2.77 bits per heavy atom. The summed E-state index contributed by atoms with van der Waals surface area (Å²) in [6.45, 7) is 5.67. The molecule has 6 heteroatoms. The van der Waals surface area contributed by atoms with Gasteiger partial charge in [0.15, 0.2) is 11.5 Å².